The largest absolute Gasteiger partial charge is 0.508 e. The van der Waals surface area contributed by atoms with E-state index in [4.69, 9.17) is 9.47 Å². The number of phenolic OH excluding ortho intramolecular Hbond substituents is 1. The van der Waals surface area contributed by atoms with E-state index in [0.717, 1.165) is 55.1 Å². The standard InChI is InChI=1S/C30H40O3.C3H8.C2H5I/c1-5-20-6-11-27(28(17-20)32-4)33-15-13-22-7-10-26-29-19(2)16-21-18-23(31)8-9-24(21)25(29)12-14-30(22,26)3;1-3-2;1-2-3/h6,8-9,11,17-19,22,25-26,29,31H,5,7,10,12-16H2,1-4H3;3H2,1-2H3;2H2,1H3/t19-,22-,25?,26?,29?,30?;;/m1../s1. The monoisotopic (exact) mass is 648 g/mol. The molecule has 0 saturated heterocycles. The first-order chi connectivity index (χ1) is 18.8. The van der Waals surface area contributed by atoms with Gasteiger partial charge < -0.3 is 14.6 Å². The molecule has 2 saturated carbocycles. The van der Waals surface area contributed by atoms with E-state index < -0.39 is 0 Å². The lowest BCUT2D eigenvalue weighted by Crippen LogP contribution is -2.45. The Balaban J connectivity index is 0.000000643. The van der Waals surface area contributed by atoms with Gasteiger partial charge in [-0.2, -0.15) is 0 Å². The van der Waals surface area contributed by atoms with Crippen LogP contribution in [-0.2, 0) is 12.8 Å². The number of rotatable bonds is 6. The molecule has 0 amide bonds. The van der Waals surface area contributed by atoms with Crippen LogP contribution in [0.3, 0.4) is 0 Å². The van der Waals surface area contributed by atoms with E-state index in [-0.39, 0.29) is 0 Å². The zero-order valence-electron chi connectivity index (χ0n) is 25.6. The van der Waals surface area contributed by atoms with Crippen LogP contribution in [0, 0.1) is 29.1 Å². The SMILES string of the molecule is CCC.CCI.CCc1ccc(OCC[C@H]2CCC3C4C(CCC32C)c2ccc(O)cc2C[C@H]4C)c(OC)c1. The molecule has 3 aliphatic carbocycles. The van der Waals surface area contributed by atoms with Crippen molar-refractivity contribution in [1.29, 1.82) is 0 Å². The highest BCUT2D eigenvalue weighted by Crippen LogP contribution is 2.64. The molecule has 218 valence electrons. The zero-order valence-corrected chi connectivity index (χ0v) is 27.7. The molecule has 5 rings (SSSR count). The van der Waals surface area contributed by atoms with Crippen LogP contribution in [-0.4, -0.2) is 23.3 Å². The van der Waals surface area contributed by atoms with E-state index in [1.165, 1.54) is 53.2 Å². The van der Waals surface area contributed by atoms with Crippen LogP contribution < -0.4 is 9.47 Å². The third-order valence-corrected chi connectivity index (χ3v) is 9.61. The molecule has 0 spiro atoms. The van der Waals surface area contributed by atoms with Gasteiger partial charge in [0.1, 0.15) is 5.75 Å². The highest BCUT2D eigenvalue weighted by molar-refractivity contribution is 14.1. The summed E-state index contributed by atoms with van der Waals surface area (Å²) in [5, 5.41) is 10.0. The van der Waals surface area contributed by atoms with Gasteiger partial charge in [0.25, 0.3) is 0 Å². The number of alkyl halides is 1. The van der Waals surface area contributed by atoms with E-state index in [2.05, 4.69) is 88.4 Å². The van der Waals surface area contributed by atoms with Gasteiger partial charge in [-0.1, -0.05) is 82.7 Å². The molecule has 4 heteroatoms. The van der Waals surface area contributed by atoms with E-state index >= 15 is 0 Å². The van der Waals surface area contributed by atoms with Crippen molar-refractivity contribution in [2.24, 2.45) is 29.1 Å². The highest BCUT2D eigenvalue weighted by Gasteiger charge is 2.55. The molecular formula is C35H53IO3. The maximum absolute atomic E-state index is 10.0. The maximum Gasteiger partial charge on any atom is 0.161 e. The van der Waals surface area contributed by atoms with Gasteiger partial charge in [-0.25, -0.2) is 0 Å². The Morgan fingerprint density at radius 3 is 2.38 bits per heavy atom. The predicted octanol–water partition coefficient (Wildman–Crippen LogP) is 10.0. The lowest BCUT2D eigenvalue weighted by Gasteiger charge is -2.53. The van der Waals surface area contributed by atoms with Crippen LogP contribution in [0.5, 0.6) is 17.2 Å². The van der Waals surface area contributed by atoms with Crippen LogP contribution in [0.2, 0.25) is 0 Å². The molecule has 4 unspecified atom stereocenters. The number of halogens is 1. The van der Waals surface area contributed by atoms with Crippen molar-refractivity contribution < 1.29 is 14.6 Å². The summed E-state index contributed by atoms with van der Waals surface area (Å²) in [6.45, 7) is 14.3. The lowest BCUT2D eigenvalue weighted by molar-refractivity contribution is 0.000862. The van der Waals surface area contributed by atoms with Gasteiger partial charge >= 0.3 is 0 Å². The van der Waals surface area contributed by atoms with Crippen LogP contribution in [0.1, 0.15) is 103 Å². The fourth-order valence-electron chi connectivity index (χ4n) is 7.91. The number of fused-ring (bicyclic) bond motifs is 5. The minimum Gasteiger partial charge on any atom is -0.508 e. The maximum atomic E-state index is 10.0. The molecule has 0 radical (unpaired) electrons. The topological polar surface area (TPSA) is 38.7 Å². The highest BCUT2D eigenvalue weighted by atomic mass is 127. The lowest BCUT2D eigenvalue weighted by atomic mass is 9.51. The first kappa shape index (κ1) is 32.1. The minimum absolute atomic E-state index is 0.418. The summed E-state index contributed by atoms with van der Waals surface area (Å²) in [7, 11) is 1.73. The van der Waals surface area contributed by atoms with Gasteiger partial charge in [-0.05, 0) is 125 Å². The van der Waals surface area contributed by atoms with Crippen molar-refractivity contribution in [3.63, 3.8) is 0 Å². The summed E-state index contributed by atoms with van der Waals surface area (Å²) >= 11 is 2.29. The van der Waals surface area contributed by atoms with Crippen LogP contribution in [0.15, 0.2) is 36.4 Å². The van der Waals surface area contributed by atoms with Crippen molar-refractivity contribution in [2.45, 2.75) is 98.8 Å². The molecule has 6 atom stereocenters. The Hall–Kier alpha value is -1.43. The van der Waals surface area contributed by atoms with Crippen molar-refractivity contribution in [1.82, 2.24) is 0 Å². The zero-order chi connectivity index (χ0) is 28.6. The Morgan fingerprint density at radius 1 is 1.00 bits per heavy atom. The van der Waals surface area contributed by atoms with E-state index in [9.17, 15) is 5.11 Å². The second-order valence-corrected chi connectivity index (χ2v) is 13.6. The molecule has 0 heterocycles. The molecule has 39 heavy (non-hydrogen) atoms. The second kappa shape index (κ2) is 15.0. The molecule has 2 aromatic carbocycles. The molecule has 0 aromatic heterocycles. The molecule has 3 aliphatic rings. The molecule has 1 N–H and O–H groups in total. The number of aromatic hydroxyl groups is 1. The number of hydrogen-bond donors (Lipinski definition) is 1. The average molecular weight is 649 g/mol. The number of aryl methyl sites for hydroxylation is 1. The summed E-state index contributed by atoms with van der Waals surface area (Å²) in [4.78, 5) is 0. The third kappa shape index (κ3) is 7.26. The van der Waals surface area contributed by atoms with E-state index in [0.29, 0.717) is 23.0 Å². The molecular weight excluding hydrogens is 595 g/mol. The number of ether oxygens (including phenoxy) is 2. The van der Waals surface area contributed by atoms with Crippen molar-refractivity contribution in [3.8, 4) is 17.2 Å². The minimum atomic E-state index is 0.418. The Morgan fingerprint density at radius 2 is 1.72 bits per heavy atom. The van der Waals surface area contributed by atoms with Crippen molar-refractivity contribution in [2.75, 3.05) is 18.1 Å². The van der Waals surface area contributed by atoms with Crippen molar-refractivity contribution in [3.05, 3.63) is 53.1 Å². The van der Waals surface area contributed by atoms with Crippen LogP contribution in [0.4, 0.5) is 0 Å². The van der Waals surface area contributed by atoms with Gasteiger partial charge in [-0.15, -0.1) is 0 Å². The summed E-state index contributed by atoms with van der Waals surface area (Å²) in [6.07, 6.45) is 9.77. The Bertz CT molecular complexity index is 1030. The quantitative estimate of drug-likeness (QED) is 0.250. The van der Waals surface area contributed by atoms with Gasteiger partial charge in [0.05, 0.1) is 13.7 Å². The number of hydrogen-bond acceptors (Lipinski definition) is 3. The first-order valence-electron chi connectivity index (χ1n) is 15.4. The summed E-state index contributed by atoms with van der Waals surface area (Å²) < 4.78 is 13.1. The smallest absolute Gasteiger partial charge is 0.161 e. The molecule has 0 bridgehead atoms. The predicted molar refractivity (Wildman–Crippen MR) is 174 cm³/mol. The number of methoxy groups -OCH3 is 1. The summed E-state index contributed by atoms with van der Waals surface area (Å²) in [6, 6.07) is 12.5. The van der Waals surface area contributed by atoms with Gasteiger partial charge in [0, 0.05) is 0 Å². The van der Waals surface area contributed by atoms with Crippen molar-refractivity contribution >= 4 is 22.6 Å². The summed E-state index contributed by atoms with van der Waals surface area (Å²) in [5.41, 5.74) is 4.61. The summed E-state index contributed by atoms with van der Waals surface area (Å²) in [5.74, 6) is 5.80. The van der Waals surface area contributed by atoms with E-state index in [1.807, 2.05) is 12.1 Å². The fraction of sp³-hybridized carbons (Fsp3) is 0.657. The van der Waals surface area contributed by atoms with Crippen LogP contribution in [0.25, 0.3) is 0 Å². The molecule has 2 fully saturated rings. The number of phenols is 1. The molecule has 0 aliphatic heterocycles. The van der Waals surface area contributed by atoms with E-state index in [1.54, 1.807) is 7.11 Å². The number of benzene rings is 2. The first-order valence-corrected chi connectivity index (χ1v) is 17.0. The van der Waals surface area contributed by atoms with Gasteiger partial charge in [0.2, 0.25) is 0 Å². The Labute approximate surface area is 252 Å². The average Bonchev–Trinajstić information content (AvgIpc) is 3.25. The van der Waals surface area contributed by atoms with Gasteiger partial charge in [-0.3, -0.25) is 0 Å². The molecule has 2 aromatic rings. The van der Waals surface area contributed by atoms with Gasteiger partial charge in [0.15, 0.2) is 11.5 Å². The Kier molecular flexibility index (Phi) is 12.3. The van der Waals surface area contributed by atoms with Crippen LogP contribution >= 0.6 is 22.6 Å². The second-order valence-electron chi connectivity index (χ2n) is 12.1. The fourth-order valence-corrected chi connectivity index (χ4v) is 7.91. The third-order valence-electron chi connectivity index (χ3n) is 9.61. The normalized spacial score (nSPS) is 28.5. The molecule has 3 nitrogen and oxygen atoms in total.